The predicted molar refractivity (Wildman–Crippen MR) is 84.7 cm³/mol. The maximum Gasteiger partial charge on any atom is 0.319 e. The van der Waals surface area contributed by atoms with Crippen molar-refractivity contribution >= 4 is 22.6 Å². The van der Waals surface area contributed by atoms with Crippen LogP contribution in [0.15, 0.2) is 47.2 Å². The summed E-state index contributed by atoms with van der Waals surface area (Å²) >= 11 is 0. The molecule has 0 aliphatic rings. The van der Waals surface area contributed by atoms with Gasteiger partial charge in [0.15, 0.2) is 0 Å². The van der Waals surface area contributed by atoms with E-state index in [0.717, 1.165) is 16.6 Å². The number of hydrogen-bond donors (Lipinski definition) is 2. The van der Waals surface area contributed by atoms with Gasteiger partial charge in [-0.1, -0.05) is 0 Å². The number of benzene rings is 1. The van der Waals surface area contributed by atoms with Gasteiger partial charge in [-0.15, -0.1) is 0 Å². The van der Waals surface area contributed by atoms with Gasteiger partial charge in [-0.3, -0.25) is 4.68 Å². The Morgan fingerprint density at radius 1 is 1.36 bits per heavy atom. The number of nitrogens with zero attached hydrogens (tertiary/aromatic N) is 2. The van der Waals surface area contributed by atoms with Gasteiger partial charge in [0.05, 0.1) is 24.5 Å². The highest BCUT2D eigenvalue weighted by Crippen LogP contribution is 2.21. The first-order chi connectivity index (χ1) is 10.6. The lowest BCUT2D eigenvalue weighted by Gasteiger charge is -2.09. The molecule has 0 aliphatic carbocycles. The number of furan rings is 1. The van der Waals surface area contributed by atoms with Crippen molar-refractivity contribution in [3.05, 3.63) is 48.6 Å². The van der Waals surface area contributed by atoms with E-state index in [4.69, 9.17) is 4.42 Å². The number of hydrogen-bond acceptors (Lipinski definition) is 3. The van der Waals surface area contributed by atoms with E-state index in [1.165, 1.54) is 0 Å². The zero-order valence-corrected chi connectivity index (χ0v) is 12.5. The van der Waals surface area contributed by atoms with Crippen molar-refractivity contribution in [2.75, 3.05) is 5.32 Å². The first-order valence-electron chi connectivity index (χ1n) is 7.18. The lowest BCUT2D eigenvalue weighted by Crippen LogP contribution is -2.27. The minimum atomic E-state index is -0.272. The summed E-state index contributed by atoms with van der Waals surface area (Å²) in [6, 6.07) is 9.33. The number of carbonyl (C=O) groups excluding carboxylic acids is 1. The Bertz CT molecular complexity index is 775. The molecule has 0 saturated heterocycles. The van der Waals surface area contributed by atoms with Gasteiger partial charge in [-0.05, 0) is 44.2 Å². The van der Waals surface area contributed by atoms with Gasteiger partial charge in [0.2, 0.25) is 0 Å². The monoisotopic (exact) mass is 298 g/mol. The molecule has 0 saturated carbocycles. The van der Waals surface area contributed by atoms with E-state index in [2.05, 4.69) is 29.6 Å². The Morgan fingerprint density at radius 2 is 2.23 bits per heavy atom. The second-order valence-corrected chi connectivity index (χ2v) is 5.34. The third kappa shape index (κ3) is 2.95. The summed E-state index contributed by atoms with van der Waals surface area (Å²) in [5.74, 6) is 0.712. The molecule has 2 amide bonds. The standard InChI is InChI=1S/C16H18N4O2/c1-11(2)20-15-8-13(6-5-12(15)9-18-20)19-16(21)17-10-14-4-3-7-22-14/h3-9,11H,10H2,1-2H3,(H2,17,19,21). The molecule has 2 N–H and O–H groups in total. The zero-order valence-electron chi connectivity index (χ0n) is 12.5. The van der Waals surface area contributed by atoms with Gasteiger partial charge in [-0.25, -0.2) is 4.79 Å². The average Bonchev–Trinajstić information content (AvgIpc) is 3.14. The molecule has 6 nitrogen and oxygen atoms in total. The fourth-order valence-corrected chi connectivity index (χ4v) is 2.28. The first-order valence-corrected chi connectivity index (χ1v) is 7.18. The third-order valence-electron chi connectivity index (χ3n) is 3.35. The summed E-state index contributed by atoms with van der Waals surface area (Å²) in [7, 11) is 0. The van der Waals surface area contributed by atoms with Crippen molar-refractivity contribution in [1.29, 1.82) is 0 Å². The fraction of sp³-hybridized carbons (Fsp3) is 0.250. The molecule has 2 heterocycles. The molecule has 6 heteroatoms. The summed E-state index contributed by atoms with van der Waals surface area (Å²) in [6.45, 7) is 4.50. The van der Waals surface area contributed by atoms with Crippen LogP contribution < -0.4 is 10.6 Å². The van der Waals surface area contributed by atoms with Crippen LogP contribution in [0.4, 0.5) is 10.5 Å². The van der Waals surface area contributed by atoms with Crippen LogP contribution in [-0.4, -0.2) is 15.8 Å². The molecule has 3 rings (SSSR count). The Balaban J connectivity index is 1.70. The predicted octanol–water partition coefficient (Wildman–Crippen LogP) is 3.53. The molecule has 0 spiro atoms. The molecule has 0 unspecified atom stereocenters. The SMILES string of the molecule is CC(C)n1ncc2ccc(NC(=O)NCc3ccco3)cc21. The maximum absolute atomic E-state index is 11.9. The van der Waals surface area contributed by atoms with Crippen LogP contribution in [0, 0.1) is 0 Å². The molecule has 3 aromatic rings. The Morgan fingerprint density at radius 3 is 2.95 bits per heavy atom. The molecule has 0 atom stereocenters. The van der Waals surface area contributed by atoms with Gasteiger partial charge in [0, 0.05) is 17.1 Å². The van der Waals surface area contributed by atoms with Gasteiger partial charge in [0.1, 0.15) is 5.76 Å². The molecule has 0 aliphatic heterocycles. The highest BCUT2D eigenvalue weighted by Gasteiger charge is 2.08. The number of rotatable bonds is 4. The molecule has 0 radical (unpaired) electrons. The van der Waals surface area contributed by atoms with Crippen LogP contribution in [0.25, 0.3) is 10.9 Å². The fourth-order valence-electron chi connectivity index (χ4n) is 2.28. The lowest BCUT2D eigenvalue weighted by atomic mass is 10.2. The molecular formula is C16H18N4O2. The summed E-state index contributed by atoms with van der Waals surface area (Å²) in [4.78, 5) is 11.9. The van der Waals surface area contributed by atoms with Gasteiger partial charge >= 0.3 is 6.03 Å². The van der Waals surface area contributed by atoms with E-state index in [0.29, 0.717) is 12.3 Å². The van der Waals surface area contributed by atoms with Crippen molar-refractivity contribution in [2.45, 2.75) is 26.4 Å². The minimum absolute atomic E-state index is 0.264. The van der Waals surface area contributed by atoms with Crippen LogP contribution in [-0.2, 0) is 6.54 Å². The van der Waals surface area contributed by atoms with Crippen LogP contribution in [0.1, 0.15) is 25.6 Å². The van der Waals surface area contributed by atoms with E-state index in [-0.39, 0.29) is 12.1 Å². The summed E-state index contributed by atoms with van der Waals surface area (Å²) in [6.07, 6.45) is 3.41. The third-order valence-corrected chi connectivity index (χ3v) is 3.35. The molecule has 114 valence electrons. The van der Waals surface area contributed by atoms with Crippen molar-refractivity contribution < 1.29 is 9.21 Å². The van der Waals surface area contributed by atoms with Crippen molar-refractivity contribution in [1.82, 2.24) is 15.1 Å². The number of nitrogens with one attached hydrogen (secondary N) is 2. The second kappa shape index (κ2) is 5.93. The average molecular weight is 298 g/mol. The second-order valence-electron chi connectivity index (χ2n) is 5.34. The number of fused-ring (bicyclic) bond motifs is 1. The van der Waals surface area contributed by atoms with E-state index in [1.807, 2.05) is 35.1 Å². The topological polar surface area (TPSA) is 72.1 Å². The number of carbonyl (C=O) groups is 1. The number of aromatic nitrogens is 2. The molecule has 22 heavy (non-hydrogen) atoms. The van der Waals surface area contributed by atoms with Crippen molar-refractivity contribution in [2.24, 2.45) is 0 Å². The van der Waals surface area contributed by atoms with Crippen LogP contribution >= 0.6 is 0 Å². The molecule has 0 fully saturated rings. The van der Waals surface area contributed by atoms with Gasteiger partial charge in [-0.2, -0.15) is 5.10 Å². The smallest absolute Gasteiger partial charge is 0.319 e. The van der Waals surface area contributed by atoms with E-state index in [1.54, 1.807) is 12.3 Å². The summed E-state index contributed by atoms with van der Waals surface area (Å²) in [5, 5.41) is 11.0. The highest BCUT2D eigenvalue weighted by molar-refractivity contribution is 5.92. The Labute approximate surface area is 128 Å². The van der Waals surface area contributed by atoms with E-state index < -0.39 is 0 Å². The first kappa shape index (κ1) is 14.2. The summed E-state index contributed by atoms with van der Waals surface area (Å²) < 4.78 is 7.10. The largest absolute Gasteiger partial charge is 0.467 e. The van der Waals surface area contributed by atoms with Crippen LogP contribution in [0.5, 0.6) is 0 Å². The molecular weight excluding hydrogens is 280 g/mol. The quantitative estimate of drug-likeness (QED) is 0.774. The van der Waals surface area contributed by atoms with Gasteiger partial charge in [0.25, 0.3) is 0 Å². The van der Waals surface area contributed by atoms with E-state index >= 15 is 0 Å². The van der Waals surface area contributed by atoms with Gasteiger partial charge < -0.3 is 15.1 Å². The Kier molecular flexibility index (Phi) is 3.82. The highest BCUT2D eigenvalue weighted by atomic mass is 16.3. The minimum Gasteiger partial charge on any atom is -0.467 e. The van der Waals surface area contributed by atoms with Crippen molar-refractivity contribution in [3.63, 3.8) is 0 Å². The van der Waals surface area contributed by atoms with Crippen LogP contribution in [0.3, 0.4) is 0 Å². The number of anilines is 1. The van der Waals surface area contributed by atoms with Crippen molar-refractivity contribution in [3.8, 4) is 0 Å². The van der Waals surface area contributed by atoms with E-state index in [9.17, 15) is 4.79 Å². The summed E-state index contributed by atoms with van der Waals surface area (Å²) in [5.41, 5.74) is 1.73. The number of urea groups is 1. The lowest BCUT2D eigenvalue weighted by molar-refractivity contribution is 0.251. The molecule has 1 aromatic carbocycles. The van der Waals surface area contributed by atoms with Crippen LogP contribution in [0.2, 0.25) is 0 Å². The normalized spacial score (nSPS) is 11.0. The zero-order chi connectivity index (χ0) is 15.5. The molecule has 0 bridgehead atoms. The number of amides is 2. The maximum atomic E-state index is 11.9. The Hall–Kier alpha value is -2.76. The molecule has 2 aromatic heterocycles.